The van der Waals surface area contributed by atoms with Crippen LogP contribution in [0, 0.1) is 13.8 Å². The molecular formula is C22H33IN8. The van der Waals surface area contributed by atoms with Crippen LogP contribution in [0.25, 0.3) is 5.82 Å². The van der Waals surface area contributed by atoms with Crippen molar-refractivity contribution in [2.75, 3.05) is 14.1 Å². The van der Waals surface area contributed by atoms with Crippen molar-refractivity contribution in [1.82, 2.24) is 34.8 Å². The molecule has 0 spiro atoms. The average molecular weight is 536 g/mol. The van der Waals surface area contributed by atoms with Gasteiger partial charge in [-0.15, -0.1) is 24.0 Å². The standard InChI is InChI=1S/C22H32N8.HI/c1-15(2)21-19(14-29(7)27-21)13-28(6)22(23-5)25-12-18-8-9-20(24-11-18)30-17(4)10-16(3)26-30;/h8-11,14-15H,12-13H2,1-7H3,(H,23,25);1H. The van der Waals surface area contributed by atoms with Gasteiger partial charge in [0.05, 0.1) is 11.4 Å². The maximum Gasteiger partial charge on any atom is 0.193 e. The number of aromatic nitrogens is 5. The summed E-state index contributed by atoms with van der Waals surface area (Å²) in [7, 11) is 5.80. The zero-order valence-corrected chi connectivity index (χ0v) is 21.7. The lowest BCUT2D eigenvalue weighted by Gasteiger charge is -2.22. The summed E-state index contributed by atoms with van der Waals surface area (Å²) < 4.78 is 3.74. The van der Waals surface area contributed by atoms with Gasteiger partial charge in [0, 0.05) is 57.9 Å². The van der Waals surface area contributed by atoms with Crippen molar-refractivity contribution in [3.05, 3.63) is 58.8 Å². The summed E-state index contributed by atoms with van der Waals surface area (Å²) in [6.45, 7) is 9.74. The molecule has 0 amide bonds. The van der Waals surface area contributed by atoms with E-state index in [-0.39, 0.29) is 24.0 Å². The molecule has 3 rings (SSSR count). The average Bonchev–Trinajstić information content (AvgIpc) is 3.23. The van der Waals surface area contributed by atoms with Gasteiger partial charge in [0.25, 0.3) is 0 Å². The molecule has 0 saturated heterocycles. The van der Waals surface area contributed by atoms with Gasteiger partial charge in [-0.1, -0.05) is 19.9 Å². The Morgan fingerprint density at radius 2 is 1.97 bits per heavy atom. The molecule has 0 saturated carbocycles. The fourth-order valence-corrected chi connectivity index (χ4v) is 3.57. The minimum absolute atomic E-state index is 0. The Bertz CT molecular complexity index is 1020. The van der Waals surface area contributed by atoms with Crippen molar-refractivity contribution in [2.24, 2.45) is 12.0 Å². The summed E-state index contributed by atoms with van der Waals surface area (Å²) in [5, 5.41) is 12.5. The molecule has 0 aromatic carbocycles. The maximum atomic E-state index is 4.60. The Morgan fingerprint density at radius 1 is 1.23 bits per heavy atom. The third-order valence-corrected chi connectivity index (χ3v) is 4.95. The second kappa shape index (κ2) is 10.7. The van der Waals surface area contributed by atoms with Crippen LogP contribution in [0.3, 0.4) is 0 Å². The summed E-state index contributed by atoms with van der Waals surface area (Å²) in [6.07, 6.45) is 3.96. The maximum absolute atomic E-state index is 4.60. The first-order chi connectivity index (χ1) is 14.3. The van der Waals surface area contributed by atoms with Gasteiger partial charge in [-0.25, -0.2) is 9.67 Å². The number of halogens is 1. The normalized spacial score (nSPS) is 11.5. The lowest BCUT2D eigenvalue weighted by Crippen LogP contribution is -2.38. The number of rotatable bonds is 6. The first kappa shape index (κ1) is 24.8. The van der Waals surface area contributed by atoms with E-state index in [0.29, 0.717) is 12.5 Å². The van der Waals surface area contributed by atoms with E-state index in [1.165, 1.54) is 5.56 Å². The molecule has 9 heteroatoms. The number of pyridine rings is 1. The Labute approximate surface area is 201 Å². The molecule has 0 radical (unpaired) electrons. The van der Waals surface area contributed by atoms with Gasteiger partial charge in [0.2, 0.25) is 0 Å². The van der Waals surface area contributed by atoms with Gasteiger partial charge in [0.15, 0.2) is 11.8 Å². The molecule has 3 heterocycles. The largest absolute Gasteiger partial charge is 0.352 e. The van der Waals surface area contributed by atoms with Gasteiger partial charge < -0.3 is 10.2 Å². The molecule has 0 atom stereocenters. The van der Waals surface area contributed by atoms with Gasteiger partial charge in [0.1, 0.15) is 0 Å². The number of hydrogen-bond acceptors (Lipinski definition) is 4. The molecule has 0 unspecified atom stereocenters. The van der Waals surface area contributed by atoms with Gasteiger partial charge in [-0.05, 0) is 37.5 Å². The Kier molecular flexibility index (Phi) is 8.60. The van der Waals surface area contributed by atoms with Crippen LogP contribution in [-0.4, -0.2) is 49.5 Å². The van der Waals surface area contributed by atoms with E-state index in [0.717, 1.165) is 41.0 Å². The molecule has 3 aromatic rings. The first-order valence-corrected chi connectivity index (χ1v) is 10.2. The van der Waals surface area contributed by atoms with Crippen molar-refractivity contribution < 1.29 is 0 Å². The van der Waals surface area contributed by atoms with Crippen LogP contribution in [0.15, 0.2) is 35.6 Å². The molecule has 168 valence electrons. The zero-order valence-electron chi connectivity index (χ0n) is 19.4. The molecule has 31 heavy (non-hydrogen) atoms. The van der Waals surface area contributed by atoms with Crippen LogP contribution in [0.4, 0.5) is 0 Å². The highest BCUT2D eigenvalue weighted by Gasteiger charge is 2.15. The van der Waals surface area contributed by atoms with Crippen LogP contribution >= 0.6 is 24.0 Å². The minimum atomic E-state index is 0. The number of aliphatic imine (C=N–C) groups is 1. The molecular weight excluding hydrogens is 503 g/mol. The summed E-state index contributed by atoms with van der Waals surface area (Å²) in [6, 6.07) is 6.11. The Hall–Kier alpha value is -2.43. The van der Waals surface area contributed by atoms with Crippen molar-refractivity contribution >= 4 is 29.9 Å². The van der Waals surface area contributed by atoms with E-state index >= 15 is 0 Å². The van der Waals surface area contributed by atoms with Gasteiger partial charge in [-0.3, -0.25) is 9.67 Å². The topological polar surface area (TPSA) is 76.2 Å². The number of hydrogen-bond donors (Lipinski definition) is 1. The number of aryl methyl sites for hydroxylation is 3. The summed E-state index contributed by atoms with van der Waals surface area (Å²) in [5.74, 6) is 2.04. The molecule has 0 bridgehead atoms. The molecule has 0 aliphatic rings. The monoisotopic (exact) mass is 536 g/mol. The van der Waals surface area contributed by atoms with Crippen LogP contribution < -0.4 is 5.32 Å². The SMILES string of the molecule is CN=C(NCc1ccc(-n2nc(C)cc2C)nc1)N(C)Cc1cn(C)nc1C(C)C.I. The van der Waals surface area contributed by atoms with E-state index < -0.39 is 0 Å². The van der Waals surface area contributed by atoms with E-state index in [1.807, 2.05) is 55.6 Å². The van der Waals surface area contributed by atoms with Crippen LogP contribution in [-0.2, 0) is 20.1 Å². The molecule has 0 aliphatic carbocycles. The third-order valence-electron chi connectivity index (χ3n) is 4.95. The lowest BCUT2D eigenvalue weighted by atomic mass is 10.1. The summed E-state index contributed by atoms with van der Waals surface area (Å²) >= 11 is 0. The molecule has 1 N–H and O–H groups in total. The smallest absolute Gasteiger partial charge is 0.193 e. The Morgan fingerprint density at radius 3 is 2.52 bits per heavy atom. The predicted octanol–water partition coefficient (Wildman–Crippen LogP) is 3.57. The second-order valence-corrected chi connectivity index (χ2v) is 7.99. The summed E-state index contributed by atoms with van der Waals surface area (Å²) in [5.41, 5.74) is 5.49. The number of guanidine groups is 1. The highest BCUT2D eigenvalue weighted by molar-refractivity contribution is 14.0. The third kappa shape index (κ3) is 6.05. The second-order valence-electron chi connectivity index (χ2n) is 7.99. The fraction of sp³-hybridized carbons (Fsp3) is 0.455. The highest BCUT2D eigenvalue weighted by Crippen LogP contribution is 2.18. The quantitative estimate of drug-likeness (QED) is 0.296. The van der Waals surface area contributed by atoms with Crippen molar-refractivity contribution in [3.8, 4) is 5.82 Å². The number of nitrogens with zero attached hydrogens (tertiary/aromatic N) is 7. The van der Waals surface area contributed by atoms with Crippen LogP contribution in [0.1, 0.15) is 48.0 Å². The van der Waals surface area contributed by atoms with E-state index in [1.54, 1.807) is 7.05 Å². The number of nitrogens with one attached hydrogen (secondary N) is 1. The zero-order chi connectivity index (χ0) is 21.8. The van der Waals surface area contributed by atoms with Gasteiger partial charge in [-0.2, -0.15) is 10.2 Å². The predicted molar refractivity (Wildman–Crippen MR) is 135 cm³/mol. The van der Waals surface area contributed by atoms with E-state index in [4.69, 9.17) is 0 Å². The van der Waals surface area contributed by atoms with Crippen molar-refractivity contribution in [1.29, 1.82) is 0 Å². The van der Waals surface area contributed by atoms with Crippen molar-refractivity contribution in [3.63, 3.8) is 0 Å². The molecule has 3 aromatic heterocycles. The van der Waals surface area contributed by atoms with Crippen LogP contribution in [0.2, 0.25) is 0 Å². The first-order valence-electron chi connectivity index (χ1n) is 10.2. The molecule has 8 nitrogen and oxygen atoms in total. The fourth-order valence-electron chi connectivity index (χ4n) is 3.57. The Balaban J connectivity index is 0.00000341. The lowest BCUT2D eigenvalue weighted by molar-refractivity contribution is 0.473. The highest BCUT2D eigenvalue weighted by atomic mass is 127. The minimum Gasteiger partial charge on any atom is -0.352 e. The molecule has 0 aliphatic heterocycles. The van der Waals surface area contributed by atoms with Crippen molar-refractivity contribution in [2.45, 2.75) is 46.7 Å². The molecule has 0 fully saturated rings. The van der Waals surface area contributed by atoms with Crippen LogP contribution in [0.5, 0.6) is 0 Å². The van der Waals surface area contributed by atoms with Gasteiger partial charge >= 0.3 is 0 Å². The van der Waals surface area contributed by atoms with E-state index in [2.05, 4.69) is 56.5 Å². The summed E-state index contributed by atoms with van der Waals surface area (Å²) in [4.78, 5) is 11.1. The van der Waals surface area contributed by atoms with E-state index in [9.17, 15) is 0 Å².